The van der Waals surface area contributed by atoms with Crippen molar-refractivity contribution in [2.45, 2.75) is 13.0 Å². The zero-order valence-corrected chi connectivity index (χ0v) is 7.14. The molecule has 1 aliphatic rings. The van der Waals surface area contributed by atoms with Crippen LogP contribution in [0.5, 0.6) is 0 Å². The van der Waals surface area contributed by atoms with Gasteiger partial charge in [-0.2, -0.15) is 0 Å². The fraction of sp³-hybridized carbons (Fsp3) is 0.300. The Labute approximate surface area is 72.5 Å². The van der Waals surface area contributed by atoms with E-state index in [2.05, 4.69) is 28.9 Å². The number of aliphatic imine (C=N–C) groups is 1. The lowest BCUT2D eigenvalue weighted by Gasteiger charge is -2.14. The Balaban J connectivity index is 2.18. The molecule has 2 heteroatoms. The number of hydrogen-bond donors (Lipinski definition) is 0. The second-order valence-electron chi connectivity index (χ2n) is 3.10. The molecule has 0 amide bonds. The Morgan fingerprint density at radius 2 is 2.08 bits per heavy atom. The van der Waals surface area contributed by atoms with E-state index >= 15 is 0 Å². The molecule has 0 radical (unpaired) electrons. The topological polar surface area (TPSA) is 15.6 Å². The van der Waals surface area contributed by atoms with Crippen molar-refractivity contribution in [1.29, 1.82) is 0 Å². The van der Waals surface area contributed by atoms with Crippen molar-refractivity contribution >= 4 is 12.0 Å². The molecule has 1 atom stereocenters. The van der Waals surface area contributed by atoms with E-state index in [1.54, 1.807) is 0 Å². The third-order valence-corrected chi connectivity index (χ3v) is 2.01. The molecule has 1 aromatic carbocycles. The number of benzene rings is 1. The van der Waals surface area contributed by atoms with Crippen molar-refractivity contribution in [3.8, 4) is 0 Å². The first-order chi connectivity index (χ1) is 5.86. The van der Waals surface area contributed by atoms with E-state index in [-0.39, 0.29) is 0 Å². The Morgan fingerprint density at radius 3 is 2.67 bits per heavy atom. The van der Waals surface area contributed by atoms with Crippen LogP contribution in [0, 0.1) is 0 Å². The summed E-state index contributed by atoms with van der Waals surface area (Å²) in [6.45, 7) is 3.13. The summed E-state index contributed by atoms with van der Waals surface area (Å²) in [7, 11) is 0. The molecular weight excluding hydrogens is 148 g/mol. The zero-order chi connectivity index (χ0) is 8.39. The highest BCUT2D eigenvalue weighted by Crippen LogP contribution is 2.15. The summed E-state index contributed by atoms with van der Waals surface area (Å²) in [5, 5.41) is 0. The van der Waals surface area contributed by atoms with Crippen molar-refractivity contribution in [3.63, 3.8) is 0 Å². The van der Waals surface area contributed by atoms with Crippen molar-refractivity contribution in [2.24, 2.45) is 4.99 Å². The van der Waals surface area contributed by atoms with Gasteiger partial charge >= 0.3 is 0 Å². The first-order valence-corrected chi connectivity index (χ1v) is 4.21. The van der Waals surface area contributed by atoms with Gasteiger partial charge in [0.2, 0.25) is 0 Å². The van der Waals surface area contributed by atoms with E-state index in [0.29, 0.717) is 6.04 Å². The van der Waals surface area contributed by atoms with Gasteiger partial charge in [-0.3, -0.25) is 4.99 Å². The average Bonchev–Trinajstić information content (AvgIpc) is 2.54. The Hall–Kier alpha value is -1.31. The molecule has 0 aromatic heterocycles. The highest BCUT2D eigenvalue weighted by Gasteiger charge is 2.12. The highest BCUT2D eigenvalue weighted by molar-refractivity contribution is 5.81. The van der Waals surface area contributed by atoms with E-state index in [1.165, 1.54) is 5.69 Å². The molecule has 0 saturated heterocycles. The molecule has 0 fully saturated rings. The van der Waals surface area contributed by atoms with Crippen LogP contribution in [0.2, 0.25) is 0 Å². The minimum absolute atomic E-state index is 0.435. The molecule has 2 rings (SSSR count). The molecule has 0 spiro atoms. The smallest absolute Gasteiger partial charge is 0.0899 e. The fourth-order valence-electron chi connectivity index (χ4n) is 1.36. The highest BCUT2D eigenvalue weighted by atomic mass is 15.2. The first-order valence-electron chi connectivity index (χ1n) is 4.21. The normalized spacial score (nSPS) is 21.8. The third-order valence-electron chi connectivity index (χ3n) is 2.01. The largest absolute Gasteiger partial charge is 0.331 e. The minimum atomic E-state index is 0.435. The van der Waals surface area contributed by atoms with Crippen molar-refractivity contribution in [1.82, 2.24) is 0 Å². The number of rotatable bonds is 1. The van der Waals surface area contributed by atoms with Crippen LogP contribution in [-0.4, -0.2) is 18.9 Å². The molecule has 62 valence electrons. The lowest BCUT2D eigenvalue weighted by molar-refractivity contribution is 0.795. The molecule has 2 nitrogen and oxygen atoms in total. The number of para-hydroxylation sites is 1. The van der Waals surface area contributed by atoms with E-state index in [4.69, 9.17) is 0 Å². The monoisotopic (exact) mass is 160 g/mol. The average molecular weight is 160 g/mol. The minimum Gasteiger partial charge on any atom is -0.331 e. The predicted molar refractivity (Wildman–Crippen MR) is 51.7 cm³/mol. The van der Waals surface area contributed by atoms with Crippen LogP contribution < -0.4 is 4.90 Å². The van der Waals surface area contributed by atoms with E-state index < -0.39 is 0 Å². The van der Waals surface area contributed by atoms with Gasteiger partial charge in [0, 0.05) is 12.2 Å². The summed E-state index contributed by atoms with van der Waals surface area (Å²) in [6, 6.07) is 10.8. The van der Waals surface area contributed by atoms with Crippen LogP contribution in [0.3, 0.4) is 0 Å². The molecule has 1 heterocycles. The van der Waals surface area contributed by atoms with Gasteiger partial charge in [-0.05, 0) is 19.1 Å². The van der Waals surface area contributed by atoms with Gasteiger partial charge in [-0.25, -0.2) is 0 Å². The van der Waals surface area contributed by atoms with Crippen molar-refractivity contribution in [3.05, 3.63) is 30.3 Å². The maximum Gasteiger partial charge on any atom is 0.0899 e. The molecule has 1 aromatic rings. The maximum atomic E-state index is 4.29. The Bertz CT molecular complexity index is 279. The van der Waals surface area contributed by atoms with Crippen LogP contribution in [0.1, 0.15) is 6.92 Å². The summed E-state index contributed by atoms with van der Waals surface area (Å²) >= 11 is 0. The quantitative estimate of drug-likeness (QED) is 0.613. The second-order valence-corrected chi connectivity index (χ2v) is 3.10. The summed E-state index contributed by atoms with van der Waals surface area (Å²) in [5.74, 6) is 0. The van der Waals surface area contributed by atoms with Gasteiger partial charge in [0.05, 0.1) is 12.4 Å². The van der Waals surface area contributed by atoms with Crippen LogP contribution in [0.25, 0.3) is 0 Å². The van der Waals surface area contributed by atoms with Gasteiger partial charge in [-0.15, -0.1) is 0 Å². The number of anilines is 1. The third kappa shape index (κ3) is 1.33. The van der Waals surface area contributed by atoms with Gasteiger partial charge in [0.1, 0.15) is 0 Å². The van der Waals surface area contributed by atoms with Gasteiger partial charge in [0.25, 0.3) is 0 Å². The molecular formula is C10H12N2. The summed E-state index contributed by atoms with van der Waals surface area (Å²) in [4.78, 5) is 6.47. The van der Waals surface area contributed by atoms with Gasteiger partial charge < -0.3 is 4.90 Å². The summed E-state index contributed by atoms with van der Waals surface area (Å²) in [5.41, 5.74) is 1.23. The molecule has 0 N–H and O–H groups in total. The zero-order valence-electron chi connectivity index (χ0n) is 7.14. The number of nitrogens with zero attached hydrogens (tertiary/aromatic N) is 2. The van der Waals surface area contributed by atoms with Crippen molar-refractivity contribution < 1.29 is 0 Å². The molecule has 0 aliphatic carbocycles. The van der Waals surface area contributed by atoms with Crippen LogP contribution >= 0.6 is 0 Å². The van der Waals surface area contributed by atoms with Gasteiger partial charge in [0.15, 0.2) is 0 Å². The summed E-state index contributed by atoms with van der Waals surface area (Å²) in [6.07, 6.45) is 1.92. The molecule has 0 bridgehead atoms. The molecule has 1 unspecified atom stereocenters. The SMILES string of the molecule is CC1CN(c2ccccc2)C=N1. The number of hydrogen-bond acceptors (Lipinski definition) is 2. The fourth-order valence-corrected chi connectivity index (χ4v) is 1.36. The van der Waals surface area contributed by atoms with Crippen molar-refractivity contribution in [2.75, 3.05) is 11.4 Å². The first kappa shape index (κ1) is 7.35. The van der Waals surface area contributed by atoms with E-state index in [9.17, 15) is 0 Å². The van der Waals surface area contributed by atoms with Crippen LogP contribution in [0.15, 0.2) is 35.3 Å². The van der Waals surface area contributed by atoms with Gasteiger partial charge in [-0.1, -0.05) is 18.2 Å². The Morgan fingerprint density at radius 1 is 1.33 bits per heavy atom. The van der Waals surface area contributed by atoms with Crippen LogP contribution in [0.4, 0.5) is 5.69 Å². The second kappa shape index (κ2) is 2.97. The maximum absolute atomic E-state index is 4.29. The lowest BCUT2D eigenvalue weighted by atomic mass is 10.3. The summed E-state index contributed by atoms with van der Waals surface area (Å²) < 4.78 is 0. The van der Waals surface area contributed by atoms with Crippen LogP contribution in [-0.2, 0) is 0 Å². The molecule has 12 heavy (non-hydrogen) atoms. The molecule has 0 saturated carbocycles. The van der Waals surface area contributed by atoms with E-state index in [1.807, 2.05) is 24.5 Å². The predicted octanol–water partition coefficient (Wildman–Crippen LogP) is 1.92. The van der Waals surface area contributed by atoms with E-state index in [0.717, 1.165) is 6.54 Å². The Kier molecular flexibility index (Phi) is 1.82. The lowest BCUT2D eigenvalue weighted by Crippen LogP contribution is -2.20. The standard InChI is InChI=1S/C10H12N2/c1-9-7-12(8-11-9)10-5-3-2-4-6-10/h2-6,8-9H,7H2,1H3. The molecule has 1 aliphatic heterocycles.